The number of likely N-dealkylation sites (tertiary alicyclic amines) is 1. The molecule has 0 unspecified atom stereocenters. The molecule has 0 radical (unpaired) electrons. The maximum absolute atomic E-state index is 13.7. The maximum Gasteiger partial charge on any atom is 0.248 e. The van der Waals surface area contributed by atoms with Crippen molar-refractivity contribution in [3.63, 3.8) is 0 Å². The summed E-state index contributed by atoms with van der Waals surface area (Å²) in [5, 5.41) is 14.1. The van der Waals surface area contributed by atoms with Gasteiger partial charge < -0.3 is 20.1 Å². The lowest BCUT2D eigenvalue weighted by Gasteiger charge is -2.52. The van der Waals surface area contributed by atoms with Crippen LogP contribution in [0, 0.1) is 5.92 Å². The van der Waals surface area contributed by atoms with E-state index in [1.807, 2.05) is 41.3 Å². The van der Waals surface area contributed by atoms with Crippen LogP contribution in [0.25, 0.3) is 0 Å². The molecule has 2 amide bonds. The fraction of sp³-hybridized carbons (Fsp3) is 0.655. The zero-order valence-corrected chi connectivity index (χ0v) is 21.7. The van der Waals surface area contributed by atoms with Gasteiger partial charge in [0.2, 0.25) is 11.8 Å². The quantitative estimate of drug-likeness (QED) is 0.484. The van der Waals surface area contributed by atoms with E-state index in [4.69, 9.17) is 4.74 Å². The highest BCUT2D eigenvalue weighted by Crippen LogP contribution is 2.36. The first kappa shape index (κ1) is 26.7. The molecule has 4 rings (SSSR count). The molecule has 2 N–H and O–H groups in total. The van der Waals surface area contributed by atoms with Gasteiger partial charge in [-0.25, -0.2) is 0 Å². The van der Waals surface area contributed by atoms with E-state index in [1.165, 1.54) is 6.42 Å². The minimum atomic E-state index is -0.811. The van der Waals surface area contributed by atoms with Crippen molar-refractivity contribution in [2.75, 3.05) is 32.8 Å². The molecule has 36 heavy (non-hydrogen) atoms. The summed E-state index contributed by atoms with van der Waals surface area (Å²) in [7, 11) is 0. The first-order valence-corrected chi connectivity index (χ1v) is 13.9. The number of piperazine rings is 1. The van der Waals surface area contributed by atoms with Crippen molar-refractivity contribution in [3.05, 3.63) is 42.5 Å². The van der Waals surface area contributed by atoms with E-state index in [9.17, 15) is 14.7 Å². The van der Waals surface area contributed by atoms with Gasteiger partial charge in [-0.15, -0.1) is 0 Å². The molecule has 3 aliphatic rings. The van der Waals surface area contributed by atoms with E-state index in [-0.39, 0.29) is 17.7 Å². The number of nitrogens with zero attached hydrogens (tertiary/aromatic N) is 2. The van der Waals surface area contributed by atoms with Crippen LogP contribution in [0.2, 0.25) is 0 Å². The third kappa shape index (κ3) is 6.12. The summed E-state index contributed by atoms with van der Waals surface area (Å²) in [6.07, 6.45) is 11.6. The van der Waals surface area contributed by atoms with Crippen LogP contribution in [0.4, 0.5) is 0 Å². The van der Waals surface area contributed by atoms with Crippen LogP contribution < -0.4 is 10.1 Å². The van der Waals surface area contributed by atoms with Crippen LogP contribution in [0.15, 0.2) is 42.5 Å². The number of para-hydroxylation sites is 1. The number of aliphatic hydroxyl groups excluding tert-OH is 1. The van der Waals surface area contributed by atoms with Gasteiger partial charge in [0, 0.05) is 26.2 Å². The number of benzene rings is 1. The number of amides is 2. The minimum Gasteiger partial charge on any atom is -0.490 e. The predicted octanol–water partition coefficient (Wildman–Crippen LogP) is 3.52. The minimum absolute atomic E-state index is 0.0792. The number of rotatable bonds is 10. The maximum atomic E-state index is 13.7. The average molecular weight is 498 g/mol. The molecule has 3 fully saturated rings. The van der Waals surface area contributed by atoms with E-state index in [0.717, 1.165) is 63.9 Å². The van der Waals surface area contributed by atoms with E-state index in [1.54, 1.807) is 0 Å². The number of unbranched alkanes of at least 4 members (excludes halogenated alkanes) is 1. The van der Waals surface area contributed by atoms with Gasteiger partial charge in [-0.05, 0) is 50.2 Å². The highest BCUT2D eigenvalue weighted by atomic mass is 16.5. The standard InChI is InChI=1S/C29H43N3O4/c1-2-3-19-32-27(34)25(26(33)23-12-6-4-7-13-23)30-28(35)29(32)16-20-31(21-17-29)18-10-11-22-36-24-14-8-5-9-15-24/h5,8-11,14-15,23,25-26,33H,2-4,6-7,12-13,16-22H2,1H3,(H,30,35)/b11-10+/t25-,26-/m1/s1. The molecule has 2 atom stereocenters. The van der Waals surface area contributed by atoms with Crippen LogP contribution in [-0.2, 0) is 9.59 Å². The fourth-order valence-electron chi connectivity index (χ4n) is 6.01. The lowest BCUT2D eigenvalue weighted by Crippen LogP contribution is -2.75. The van der Waals surface area contributed by atoms with Crippen molar-refractivity contribution in [1.82, 2.24) is 15.1 Å². The lowest BCUT2D eigenvalue weighted by molar-refractivity contribution is -0.165. The Morgan fingerprint density at radius 3 is 2.53 bits per heavy atom. The molecule has 1 spiro atoms. The predicted molar refractivity (Wildman–Crippen MR) is 141 cm³/mol. The van der Waals surface area contributed by atoms with Crippen LogP contribution >= 0.6 is 0 Å². The molecule has 2 aliphatic heterocycles. The van der Waals surface area contributed by atoms with E-state index in [0.29, 0.717) is 26.0 Å². The second kappa shape index (κ2) is 12.7. The first-order chi connectivity index (χ1) is 17.5. The van der Waals surface area contributed by atoms with Gasteiger partial charge in [0.1, 0.15) is 23.9 Å². The van der Waals surface area contributed by atoms with Gasteiger partial charge in [-0.2, -0.15) is 0 Å². The molecule has 198 valence electrons. The second-order valence-electron chi connectivity index (χ2n) is 10.6. The molecule has 0 aromatic heterocycles. The summed E-state index contributed by atoms with van der Waals surface area (Å²) in [6, 6.07) is 8.95. The molecule has 1 saturated carbocycles. The van der Waals surface area contributed by atoms with E-state index < -0.39 is 17.7 Å². The fourth-order valence-corrected chi connectivity index (χ4v) is 6.01. The molecular weight excluding hydrogens is 454 g/mol. The number of nitrogens with one attached hydrogen (secondary N) is 1. The number of aliphatic hydroxyl groups is 1. The Labute approximate surface area is 215 Å². The van der Waals surface area contributed by atoms with E-state index in [2.05, 4.69) is 23.2 Å². The zero-order valence-electron chi connectivity index (χ0n) is 21.7. The molecule has 1 aliphatic carbocycles. The smallest absolute Gasteiger partial charge is 0.248 e. The Bertz CT molecular complexity index is 876. The summed E-state index contributed by atoms with van der Waals surface area (Å²) >= 11 is 0. The van der Waals surface area contributed by atoms with Gasteiger partial charge in [-0.1, -0.05) is 63.0 Å². The number of piperidine rings is 1. The molecule has 2 saturated heterocycles. The summed E-state index contributed by atoms with van der Waals surface area (Å²) in [6.45, 7) is 5.50. The van der Waals surface area contributed by atoms with Crippen molar-refractivity contribution in [1.29, 1.82) is 0 Å². The zero-order chi connectivity index (χ0) is 25.4. The van der Waals surface area contributed by atoms with Gasteiger partial charge >= 0.3 is 0 Å². The third-order valence-corrected chi connectivity index (χ3v) is 8.27. The van der Waals surface area contributed by atoms with Crippen molar-refractivity contribution in [2.24, 2.45) is 5.92 Å². The normalized spacial score (nSPS) is 24.3. The van der Waals surface area contributed by atoms with E-state index >= 15 is 0 Å². The number of carbonyl (C=O) groups excluding carboxylic acids is 2. The molecule has 1 aromatic carbocycles. The molecule has 7 heteroatoms. The summed E-state index contributed by atoms with van der Waals surface area (Å²) in [5.41, 5.74) is -0.800. The van der Waals surface area contributed by atoms with Gasteiger partial charge in [0.15, 0.2) is 0 Å². The van der Waals surface area contributed by atoms with Gasteiger partial charge in [0.05, 0.1) is 6.10 Å². The van der Waals surface area contributed by atoms with Gasteiger partial charge in [-0.3, -0.25) is 14.5 Å². The van der Waals surface area contributed by atoms with Crippen molar-refractivity contribution in [2.45, 2.75) is 82.4 Å². The summed E-state index contributed by atoms with van der Waals surface area (Å²) in [4.78, 5) is 31.4. The summed E-state index contributed by atoms with van der Waals surface area (Å²) < 4.78 is 5.71. The average Bonchev–Trinajstić information content (AvgIpc) is 2.92. The van der Waals surface area contributed by atoms with Crippen LogP contribution in [0.5, 0.6) is 5.75 Å². The topological polar surface area (TPSA) is 82.1 Å². The molecule has 2 heterocycles. The Morgan fingerprint density at radius 1 is 1.11 bits per heavy atom. The van der Waals surface area contributed by atoms with Crippen molar-refractivity contribution < 1.29 is 19.4 Å². The molecule has 0 bridgehead atoms. The largest absolute Gasteiger partial charge is 0.490 e. The monoisotopic (exact) mass is 497 g/mol. The summed E-state index contributed by atoms with van der Waals surface area (Å²) in [5.74, 6) is 0.778. The second-order valence-corrected chi connectivity index (χ2v) is 10.6. The third-order valence-electron chi connectivity index (χ3n) is 8.27. The number of carbonyl (C=O) groups is 2. The highest BCUT2D eigenvalue weighted by molar-refractivity contribution is 6.00. The first-order valence-electron chi connectivity index (χ1n) is 13.9. The Morgan fingerprint density at radius 2 is 1.83 bits per heavy atom. The lowest BCUT2D eigenvalue weighted by atomic mass is 9.78. The molecule has 7 nitrogen and oxygen atoms in total. The molecular formula is C29H43N3O4. The number of hydrogen-bond acceptors (Lipinski definition) is 5. The Kier molecular flexibility index (Phi) is 9.43. The Balaban J connectivity index is 1.34. The van der Waals surface area contributed by atoms with Crippen molar-refractivity contribution >= 4 is 11.8 Å². The van der Waals surface area contributed by atoms with Crippen LogP contribution in [0.1, 0.15) is 64.7 Å². The number of hydrogen-bond donors (Lipinski definition) is 2. The van der Waals surface area contributed by atoms with Crippen LogP contribution in [-0.4, -0.2) is 77.2 Å². The van der Waals surface area contributed by atoms with Crippen LogP contribution in [0.3, 0.4) is 0 Å². The van der Waals surface area contributed by atoms with Crippen molar-refractivity contribution in [3.8, 4) is 5.75 Å². The SMILES string of the molecule is CCCCN1C(=O)[C@@H]([C@H](O)C2CCCCC2)NC(=O)C12CCN(C/C=C/COc1ccccc1)CC2. The Hall–Kier alpha value is -2.38. The highest BCUT2D eigenvalue weighted by Gasteiger charge is 2.55. The van der Waals surface area contributed by atoms with Gasteiger partial charge in [0.25, 0.3) is 0 Å². The molecule has 1 aromatic rings. The number of ether oxygens (including phenoxy) is 1.